The summed E-state index contributed by atoms with van der Waals surface area (Å²) < 4.78 is 0. The van der Waals surface area contributed by atoms with Gasteiger partial charge in [-0.1, -0.05) is 11.6 Å². The van der Waals surface area contributed by atoms with Crippen molar-refractivity contribution in [1.29, 1.82) is 0 Å². The van der Waals surface area contributed by atoms with Crippen LogP contribution in [0.15, 0.2) is 11.4 Å². The summed E-state index contributed by atoms with van der Waals surface area (Å²) in [5, 5.41) is 11.0. The molecule has 2 rings (SSSR count). The third kappa shape index (κ3) is 3.70. The fourth-order valence-electron chi connectivity index (χ4n) is 2.40. The van der Waals surface area contributed by atoms with Crippen LogP contribution in [0.4, 0.5) is 0 Å². The van der Waals surface area contributed by atoms with E-state index in [0.717, 1.165) is 19.4 Å². The van der Waals surface area contributed by atoms with Gasteiger partial charge in [-0.2, -0.15) is 0 Å². The molecular formula is C13H16ClNO3S. The number of aliphatic carboxylic acids is 1. The van der Waals surface area contributed by atoms with Gasteiger partial charge in [0, 0.05) is 19.5 Å². The molecule has 1 fully saturated rings. The van der Waals surface area contributed by atoms with E-state index in [1.54, 1.807) is 16.3 Å². The van der Waals surface area contributed by atoms with Crippen molar-refractivity contribution in [3.8, 4) is 0 Å². The lowest BCUT2D eigenvalue weighted by atomic mass is 9.93. The summed E-state index contributed by atoms with van der Waals surface area (Å²) in [6.07, 6.45) is 2.73. The molecule has 0 spiro atoms. The van der Waals surface area contributed by atoms with Gasteiger partial charge in [0.05, 0.1) is 5.02 Å². The summed E-state index contributed by atoms with van der Waals surface area (Å²) in [7, 11) is 0. The number of piperidine rings is 1. The summed E-state index contributed by atoms with van der Waals surface area (Å²) >= 11 is 7.33. The van der Waals surface area contributed by atoms with Crippen LogP contribution in [0.25, 0.3) is 0 Å². The van der Waals surface area contributed by atoms with Gasteiger partial charge in [0.15, 0.2) is 0 Å². The second-order valence-corrected chi connectivity index (χ2v) is 6.11. The van der Waals surface area contributed by atoms with Gasteiger partial charge >= 0.3 is 5.97 Å². The number of carboxylic acids is 1. The lowest BCUT2D eigenvalue weighted by Gasteiger charge is -2.32. The zero-order valence-corrected chi connectivity index (χ0v) is 12.0. The normalized spacial score (nSPS) is 19.4. The number of nitrogens with zero attached hydrogens (tertiary/aromatic N) is 1. The average molecular weight is 302 g/mol. The zero-order valence-electron chi connectivity index (χ0n) is 10.5. The van der Waals surface area contributed by atoms with E-state index < -0.39 is 5.97 Å². The molecule has 1 aromatic heterocycles. The Balaban J connectivity index is 1.95. The number of halogens is 1. The lowest BCUT2D eigenvalue weighted by Crippen LogP contribution is -2.39. The van der Waals surface area contributed by atoms with Crippen molar-refractivity contribution in [2.75, 3.05) is 13.1 Å². The molecule has 0 aliphatic carbocycles. The highest BCUT2D eigenvalue weighted by Gasteiger charge is 2.26. The minimum atomic E-state index is -0.773. The van der Waals surface area contributed by atoms with Crippen LogP contribution >= 0.6 is 22.9 Å². The van der Waals surface area contributed by atoms with Crippen molar-refractivity contribution in [3.63, 3.8) is 0 Å². The maximum absolute atomic E-state index is 12.3. The van der Waals surface area contributed by atoms with Crippen molar-refractivity contribution < 1.29 is 14.7 Å². The van der Waals surface area contributed by atoms with Gasteiger partial charge in [0.25, 0.3) is 5.91 Å². The molecule has 4 nitrogen and oxygen atoms in total. The molecule has 2 heterocycles. The largest absolute Gasteiger partial charge is 0.481 e. The summed E-state index contributed by atoms with van der Waals surface area (Å²) in [5.41, 5.74) is 0. The minimum Gasteiger partial charge on any atom is -0.481 e. The first-order valence-corrected chi connectivity index (χ1v) is 7.57. The number of rotatable bonds is 4. The van der Waals surface area contributed by atoms with Crippen LogP contribution in [0.1, 0.15) is 35.4 Å². The molecule has 0 bridgehead atoms. The van der Waals surface area contributed by atoms with Gasteiger partial charge < -0.3 is 10.0 Å². The third-order valence-electron chi connectivity index (χ3n) is 3.38. The fraction of sp³-hybridized carbons (Fsp3) is 0.538. The molecule has 19 heavy (non-hydrogen) atoms. The van der Waals surface area contributed by atoms with Crippen molar-refractivity contribution >= 4 is 34.8 Å². The number of thiophene rings is 1. The Hall–Kier alpha value is -1.07. The molecule has 0 saturated carbocycles. The predicted molar refractivity (Wildman–Crippen MR) is 74.8 cm³/mol. The van der Waals surface area contributed by atoms with E-state index in [4.69, 9.17) is 16.7 Å². The first kappa shape index (κ1) is 14.3. The average Bonchev–Trinajstić information content (AvgIpc) is 2.82. The second kappa shape index (κ2) is 6.39. The SMILES string of the molecule is O=C(O)CC[C@@H]1CCCN(C(=O)c2sccc2Cl)C1. The van der Waals surface area contributed by atoms with Crippen LogP contribution in [0.2, 0.25) is 5.02 Å². The fourth-order valence-corrected chi connectivity index (χ4v) is 3.51. The number of carbonyl (C=O) groups is 2. The Kier molecular flexibility index (Phi) is 4.82. The number of carbonyl (C=O) groups excluding carboxylic acids is 1. The van der Waals surface area contributed by atoms with Crippen molar-refractivity contribution in [3.05, 3.63) is 21.3 Å². The van der Waals surface area contributed by atoms with E-state index in [1.165, 1.54) is 11.3 Å². The zero-order chi connectivity index (χ0) is 13.8. The van der Waals surface area contributed by atoms with Crippen LogP contribution in [-0.2, 0) is 4.79 Å². The molecule has 1 saturated heterocycles. The summed E-state index contributed by atoms with van der Waals surface area (Å²) in [5.74, 6) is -0.516. The van der Waals surface area contributed by atoms with Crippen molar-refractivity contribution in [2.24, 2.45) is 5.92 Å². The molecule has 1 aliphatic rings. The minimum absolute atomic E-state index is 0.0278. The number of carboxylic acid groups (broad SMARTS) is 1. The van der Waals surface area contributed by atoms with Gasteiger partial charge in [-0.3, -0.25) is 9.59 Å². The molecule has 1 aromatic rings. The Bertz CT molecular complexity index is 474. The monoisotopic (exact) mass is 301 g/mol. The smallest absolute Gasteiger partial charge is 0.303 e. The Morgan fingerprint density at radius 2 is 2.32 bits per heavy atom. The van der Waals surface area contributed by atoms with Gasteiger partial charge in [-0.05, 0) is 36.6 Å². The standard InChI is InChI=1S/C13H16ClNO3S/c14-10-5-7-19-12(10)13(18)15-6-1-2-9(8-15)3-4-11(16)17/h5,7,9H,1-4,6,8H2,(H,16,17)/t9-/m0/s1. The van der Waals surface area contributed by atoms with Gasteiger partial charge in [0.2, 0.25) is 0 Å². The number of likely N-dealkylation sites (tertiary alicyclic amines) is 1. The molecule has 0 radical (unpaired) electrons. The maximum atomic E-state index is 12.3. The van der Waals surface area contributed by atoms with Crippen molar-refractivity contribution in [2.45, 2.75) is 25.7 Å². The van der Waals surface area contributed by atoms with Gasteiger partial charge in [0.1, 0.15) is 4.88 Å². The van der Waals surface area contributed by atoms with Crippen LogP contribution in [0.5, 0.6) is 0 Å². The summed E-state index contributed by atoms with van der Waals surface area (Å²) in [4.78, 5) is 25.3. The van der Waals surface area contributed by atoms with E-state index >= 15 is 0 Å². The van der Waals surface area contributed by atoms with Crippen molar-refractivity contribution in [1.82, 2.24) is 4.90 Å². The number of hydrogen-bond acceptors (Lipinski definition) is 3. The van der Waals surface area contributed by atoms with E-state index in [0.29, 0.717) is 22.9 Å². The lowest BCUT2D eigenvalue weighted by molar-refractivity contribution is -0.137. The molecule has 1 amide bonds. The molecule has 0 aromatic carbocycles. The number of hydrogen-bond donors (Lipinski definition) is 1. The second-order valence-electron chi connectivity index (χ2n) is 4.79. The van der Waals surface area contributed by atoms with Crippen LogP contribution in [0, 0.1) is 5.92 Å². The Morgan fingerprint density at radius 1 is 1.53 bits per heavy atom. The molecule has 1 aliphatic heterocycles. The number of amides is 1. The first-order chi connectivity index (χ1) is 9.08. The van der Waals surface area contributed by atoms with E-state index in [1.807, 2.05) is 0 Å². The molecular weight excluding hydrogens is 286 g/mol. The van der Waals surface area contributed by atoms with Gasteiger partial charge in [-0.15, -0.1) is 11.3 Å². The maximum Gasteiger partial charge on any atom is 0.303 e. The molecule has 1 N–H and O–H groups in total. The van der Waals surface area contributed by atoms with Crippen LogP contribution in [0.3, 0.4) is 0 Å². The molecule has 6 heteroatoms. The highest BCUT2D eigenvalue weighted by molar-refractivity contribution is 7.12. The first-order valence-electron chi connectivity index (χ1n) is 6.32. The van der Waals surface area contributed by atoms with Crippen LogP contribution < -0.4 is 0 Å². The topological polar surface area (TPSA) is 57.6 Å². The highest BCUT2D eigenvalue weighted by Crippen LogP contribution is 2.27. The van der Waals surface area contributed by atoms with E-state index in [9.17, 15) is 9.59 Å². The summed E-state index contributed by atoms with van der Waals surface area (Å²) in [6, 6.07) is 1.73. The van der Waals surface area contributed by atoms with E-state index in [2.05, 4.69) is 0 Å². The molecule has 104 valence electrons. The predicted octanol–water partition coefficient (Wildman–Crippen LogP) is 3.12. The van der Waals surface area contributed by atoms with Gasteiger partial charge in [-0.25, -0.2) is 0 Å². The highest BCUT2D eigenvalue weighted by atomic mass is 35.5. The Morgan fingerprint density at radius 3 is 2.95 bits per heavy atom. The van der Waals surface area contributed by atoms with Crippen LogP contribution in [-0.4, -0.2) is 35.0 Å². The Labute approximate surface area is 121 Å². The quantitative estimate of drug-likeness (QED) is 0.929. The molecule has 0 unspecified atom stereocenters. The third-order valence-corrected chi connectivity index (χ3v) is 4.71. The summed E-state index contributed by atoms with van der Waals surface area (Å²) in [6.45, 7) is 1.37. The van der Waals surface area contributed by atoms with E-state index in [-0.39, 0.29) is 18.2 Å². The molecule has 1 atom stereocenters.